The Hall–Kier alpha value is -1.75. The van der Waals surface area contributed by atoms with Gasteiger partial charge >= 0.3 is 0 Å². The van der Waals surface area contributed by atoms with Crippen molar-refractivity contribution in [2.45, 2.75) is 25.3 Å². The molecule has 1 aromatic carbocycles. The van der Waals surface area contributed by atoms with Gasteiger partial charge in [0.25, 0.3) is 5.91 Å². The molecule has 0 aliphatic carbocycles. The summed E-state index contributed by atoms with van der Waals surface area (Å²) in [7, 11) is 5.36. The van der Waals surface area contributed by atoms with E-state index in [4.69, 9.17) is 9.47 Å². The molecule has 2 heterocycles. The van der Waals surface area contributed by atoms with Gasteiger partial charge in [-0.2, -0.15) is 0 Å². The first-order chi connectivity index (χ1) is 11.2. The van der Waals surface area contributed by atoms with Crippen molar-refractivity contribution in [1.82, 2.24) is 9.80 Å². The summed E-state index contributed by atoms with van der Waals surface area (Å²) in [6, 6.07) is 5.84. The predicted molar refractivity (Wildman–Crippen MR) is 89.2 cm³/mol. The van der Waals surface area contributed by atoms with Crippen molar-refractivity contribution in [2.24, 2.45) is 5.92 Å². The highest BCUT2D eigenvalue weighted by Crippen LogP contribution is 2.35. The van der Waals surface area contributed by atoms with Gasteiger partial charge in [-0.15, -0.1) is 0 Å². The van der Waals surface area contributed by atoms with Gasteiger partial charge in [-0.1, -0.05) is 6.07 Å². The Labute approximate surface area is 138 Å². The number of ether oxygens (including phenoxy) is 2. The summed E-state index contributed by atoms with van der Waals surface area (Å²) in [5.74, 6) is 1.79. The number of hydrogen-bond donors (Lipinski definition) is 0. The van der Waals surface area contributed by atoms with Gasteiger partial charge in [-0.3, -0.25) is 4.79 Å². The largest absolute Gasteiger partial charge is 0.496 e. The number of nitrogens with zero attached hydrogens (tertiary/aromatic N) is 2. The third-order valence-corrected chi connectivity index (χ3v) is 5.17. The monoisotopic (exact) mass is 318 g/mol. The molecule has 2 atom stereocenters. The molecule has 2 fully saturated rings. The Balaban J connectivity index is 1.91. The number of amides is 1. The Kier molecular flexibility index (Phi) is 4.76. The van der Waals surface area contributed by atoms with Crippen LogP contribution in [0.3, 0.4) is 0 Å². The second-order valence-corrected chi connectivity index (χ2v) is 6.56. The zero-order valence-corrected chi connectivity index (χ0v) is 14.2. The molecular weight excluding hydrogens is 292 g/mol. The topological polar surface area (TPSA) is 42.0 Å². The van der Waals surface area contributed by atoms with E-state index in [1.54, 1.807) is 14.2 Å². The number of methoxy groups -OCH3 is 2. The van der Waals surface area contributed by atoms with Crippen molar-refractivity contribution >= 4 is 5.91 Å². The van der Waals surface area contributed by atoms with Crippen molar-refractivity contribution in [3.8, 4) is 11.5 Å². The van der Waals surface area contributed by atoms with Gasteiger partial charge in [-0.25, -0.2) is 0 Å². The minimum atomic E-state index is 0.0403. The lowest BCUT2D eigenvalue weighted by Crippen LogP contribution is -2.55. The summed E-state index contributed by atoms with van der Waals surface area (Å²) in [5, 5.41) is 0. The fourth-order valence-corrected chi connectivity index (χ4v) is 4.04. The maximum atomic E-state index is 13.2. The van der Waals surface area contributed by atoms with Gasteiger partial charge in [0, 0.05) is 19.1 Å². The highest BCUT2D eigenvalue weighted by atomic mass is 16.5. The van der Waals surface area contributed by atoms with Crippen molar-refractivity contribution in [2.75, 3.05) is 40.9 Å². The van der Waals surface area contributed by atoms with Gasteiger partial charge in [0.05, 0.1) is 14.2 Å². The molecule has 0 N–H and O–H groups in total. The van der Waals surface area contributed by atoms with Crippen LogP contribution >= 0.6 is 0 Å². The average Bonchev–Trinajstić information content (AvgIpc) is 2.59. The molecule has 1 aromatic rings. The minimum absolute atomic E-state index is 0.0403. The summed E-state index contributed by atoms with van der Waals surface area (Å²) in [6.07, 6.45) is 3.32. The van der Waals surface area contributed by atoms with Crippen molar-refractivity contribution in [1.29, 1.82) is 0 Å². The summed E-state index contributed by atoms with van der Waals surface area (Å²) >= 11 is 0. The quantitative estimate of drug-likeness (QED) is 0.857. The molecular formula is C18H26N2O3. The molecule has 126 valence electrons. The van der Waals surface area contributed by atoms with Gasteiger partial charge in [-0.05, 0) is 50.9 Å². The Bertz CT molecular complexity index is 553. The fourth-order valence-electron chi connectivity index (χ4n) is 4.04. The Morgan fingerprint density at radius 3 is 2.48 bits per heavy atom. The van der Waals surface area contributed by atoms with E-state index < -0.39 is 0 Å². The van der Waals surface area contributed by atoms with Crippen LogP contribution in [0, 0.1) is 5.92 Å². The van der Waals surface area contributed by atoms with Crippen molar-refractivity contribution in [3.05, 3.63) is 23.8 Å². The predicted octanol–water partition coefficient (Wildman–Crippen LogP) is 2.26. The lowest BCUT2D eigenvalue weighted by Gasteiger charge is -2.46. The van der Waals surface area contributed by atoms with Crippen molar-refractivity contribution in [3.63, 3.8) is 0 Å². The fraction of sp³-hybridized carbons (Fsp3) is 0.611. The maximum absolute atomic E-state index is 13.2. The van der Waals surface area contributed by atoms with E-state index in [0.717, 1.165) is 32.5 Å². The molecule has 0 radical (unpaired) electrons. The lowest BCUT2D eigenvalue weighted by molar-refractivity contribution is 0.0249. The van der Waals surface area contributed by atoms with E-state index in [-0.39, 0.29) is 5.91 Å². The zero-order valence-electron chi connectivity index (χ0n) is 14.2. The van der Waals surface area contributed by atoms with Crippen LogP contribution in [0.1, 0.15) is 29.6 Å². The third-order valence-electron chi connectivity index (χ3n) is 5.17. The summed E-state index contributed by atoms with van der Waals surface area (Å²) < 4.78 is 10.8. The number of likely N-dealkylation sites (tertiary alicyclic amines) is 2. The summed E-state index contributed by atoms with van der Waals surface area (Å²) in [5.41, 5.74) is 0.553. The van der Waals surface area contributed by atoms with E-state index in [1.807, 2.05) is 18.2 Å². The summed E-state index contributed by atoms with van der Waals surface area (Å²) in [6.45, 7) is 2.95. The highest BCUT2D eigenvalue weighted by molar-refractivity contribution is 6.00. The number of carbonyl (C=O) groups is 1. The molecule has 0 aromatic heterocycles. The van der Waals surface area contributed by atoms with Gasteiger partial charge in [0.15, 0.2) is 0 Å². The van der Waals surface area contributed by atoms with Crippen LogP contribution in [0.15, 0.2) is 18.2 Å². The van der Waals surface area contributed by atoms with Crippen LogP contribution in [-0.4, -0.2) is 62.7 Å². The number of benzene rings is 1. The molecule has 5 nitrogen and oxygen atoms in total. The smallest absolute Gasteiger partial charge is 0.261 e. The first-order valence-electron chi connectivity index (χ1n) is 8.36. The number of piperidine rings is 2. The molecule has 23 heavy (non-hydrogen) atoms. The molecule has 1 amide bonds. The molecule has 0 saturated carbocycles. The number of hydrogen-bond acceptors (Lipinski definition) is 4. The number of carbonyl (C=O) groups excluding carboxylic acids is 1. The molecule has 5 heteroatoms. The van der Waals surface area contributed by atoms with E-state index in [0.29, 0.717) is 29.0 Å². The number of fused-ring (bicyclic) bond motifs is 1. The summed E-state index contributed by atoms with van der Waals surface area (Å²) in [4.78, 5) is 17.7. The van der Waals surface area contributed by atoms with Crippen molar-refractivity contribution < 1.29 is 14.3 Å². The van der Waals surface area contributed by atoms with Gasteiger partial charge in [0.1, 0.15) is 17.1 Å². The van der Waals surface area contributed by atoms with E-state index in [2.05, 4.69) is 16.8 Å². The standard InChI is InChI=1S/C18H26N2O3/c1-19-11-9-14-13(12-19)6-5-10-20(14)18(21)17-15(22-2)7-4-8-16(17)23-3/h4,7-8,13-14H,5-6,9-12H2,1-3H3/t13-,14-/m0/s1. The molecule has 2 aliphatic heterocycles. The normalized spacial score (nSPS) is 24.9. The van der Waals surface area contributed by atoms with Crippen LogP contribution in [0.2, 0.25) is 0 Å². The van der Waals surface area contributed by atoms with Crippen LogP contribution in [0.5, 0.6) is 11.5 Å². The van der Waals surface area contributed by atoms with Crippen LogP contribution in [0.25, 0.3) is 0 Å². The van der Waals surface area contributed by atoms with Crippen LogP contribution in [-0.2, 0) is 0 Å². The molecule has 2 saturated heterocycles. The average molecular weight is 318 g/mol. The molecule has 3 rings (SSSR count). The molecule has 0 bridgehead atoms. The van der Waals surface area contributed by atoms with Gasteiger partial charge < -0.3 is 19.3 Å². The lowest BCUT2D eigenvalue weighted by atomic mass is 9.83. The van der Waals surface area contributed by atoms with E-state index in [1.165, 1.54) is 6.42 Å². The first kappa shape index (κ1) is 16.1. The Morgan fingerprint density at radius 2 is 1.83 bits per heavy atom. The highest BCUT2D eigenvalue weighted by Gasteiger charge is 2.38. The van der Waals surface area contributed by atoms with Crippen LogP contribution < -0.4 is 9.47 Å². The zero-order chi connectivity index (χ0) is 16.4. The number of rotatable bonds is 3. The molecule has 0 unspecified atom stereocenters. The SMILES string of the molecule is COc1cccc(OC)c1C(=O)N1CCC[C@H]2CN(C)CC[C@@H]21. The third kappa shape index (κ3) is 3.02. The Morgan fingerprint density at radius 1 is 1.13 bits per heavy atom. The van der Waals surface area contributed by atoms with Crippen LogP contribution in [0.4, 0.5) is 0 Å². The van der Waals surface area contributed by atoms with E-state index in [9.17, 15) is 4.79 Å². The van der Waals surface area contributed by atoms with Gasteiger partial charge in [0.2, 0.25) is 0 Å². The minimum Gasteiger partial charge on any atom is -0.496 e. The first-order valence-corrected chi connectivity index (χ1v) is 8.36. The molecule has 2 aliphatic rings. The van der Waals surface area contributed by atoms with E-state index >= 15 is 0 Å². The second-order valence-electron chi connectivity index (χ2n) is 6.56. The maximum Gasteiger partial charge on any atom is 0.261 e. The second kappa shape index (κ2) is 6.79. The molecule has 0 spiro atoms.